The first-order valence-corrected chi connectivity index (χ1v) is 32.3. The van der Waals surface area contributed by atoms with Gasteiger partial charge in [0.05, 0.1) is 98.1 Å². The average Bonchev–Trinajstić information content (AvgIpc) is 0.830. The van der Waals surface area contributed by atoms with Crippen LogP contribution in [0.4, 0.5) is 0 Å². The van der Waals surface area contributed by atoms with Crippen molar-refractivity contribution in [3.8, 4) is 0 Å². The molecule has 8 amide bonds. The molecule has 95 heavy (non-hydrogen) atoms. The molecule has 0 spiro atoms. The van der Waals surface area contributed by atoms with Crippen LogP contribution in [0.1, 0.15) is 80.6 Å². The van der Waals surface area contributed by atoms with E-state index in [1.54, 1.807) is 13.8 Å². The van der Waals surface area contributed by atoms with E-state index in [-0.39, 0.29) is 118 Å². The molecule has 0 aromatic heterocycles. The minimum Gasteiger partial charge on any atom is -0.394 e. The molecule has 3 saturated heterocycles. The highest BCUT2D eigenvalue weighted by atomic mass is 31.1. The number of ether oxygens (including phenoxy) is 10. The minimum atomic E-state index is -3.30. The van der Waals surface area contributed by atoms with Crippen molar-refractivity contribution in [2.75, 3.05) is 112 Å². The van der Waals surface area contributed by atoms with E-state index in [1.165, 1.54) is 34.6 Å². The van der Waals surface area contributed by atoms with Crippen molar-refractivity contribution in [3.63, 3.8) is 0 Å². The highest BCUT2D eigenvalue weighted by molar-refractivity contribution is 7.32. The van der Waals surface area contributed by atoms with Crippen LogP contribution >= 0.6 is 8.25 Å². The number of carbonyl (C=O) groups excluding carboxylic acids is 8. The summed E-state index contributed by atoms with van der Waals surface area (Å²) in [4.78, 5) is 113. The van der Waals surface area contributed by atoms with E-state index >= 15 is 0 Å². The Hall–Kier alpha value is -4.85. The Morgan fingerprint density at radius 2 is 0.811 bits per heavy atom. The molecule has 0 aromatic rings. The van der Waals surface area contributed by atoms with Gasteiger partial charge in [0, 0.05) is 59.7 Å². The summed E-state index contributed by atoms with van der Waals surface area (Å²) < 4.78 is 72.2. The molecule has 38 nitrogen and oxygen atoms in total. The van der Waals surface area contributed by atoms with Crippen LogP contribution in [0.25, 0.3) is 0 Å². The van der Waals surface area contributed by atoms with E-state index < -0.39 is 197 Å². The molecule has 18 unspecified atom stereocenters. The lowest BCUT2D eigenvalue weighted by Gasteiger charge is -2.42. The van der Waals surface area contributed by atoms with E-state index in [4.69, 9.17) is 51.9 Å². The second-order valence-corrected chi connectivity index (χ2v) is 24.7. The Bertz CT molecular complexity index is 2390. The van der Waals surface area contributed by atoms with Crippen molar-refractivity contribution < 1.29 is 146 Å². The van der Waals surface area contributed by atoms with Gasteiger partial charge in [-0.3, -0.25) is 42.9 Å². The topological polar surface area (TPSA) is 554 Å². The number of carbonyl (C=O) groups is 8. The Kier molecular flexibility index (Phi) is 38.7. The zero-order chi connectivity index (χ0) is 71.0. The number of aliphatic hydroxyl groups excluding tert-OH is 9. The second kappa shape index (κ2) is 43.5. The van der Waals surface area contributed by atoms with Crippen LogP contribution in [0.5, 0.6) is 0 Å². The number of amides is 8. The van der Waals surface area contributed by atoms with Gasteiger partial charge < -0.3 is 145 Å². The quantitative estimate of drug-likeness (QED) is 0.0199. The highest BCUT2D eigenvalue weighted by Gasteiger charge is 2.48. The molecule has 3 heterocycles. The van der Waals surface area contributed by atoms with Gasteiger partial charge in [-0.2, -0.15) is 0 Å². The van der Waals surface area contributed by atoms with Gasteiger partial charge in [-0.15, -0.1) is 0 Å². The molecule has 18 atom stereocenters. The SMILES string of the molecule is CC(=O)NC1C(OCCOCCNC(=O)CCC(NC(=O)CCC(NC(=O)CC(C)(C)COCC(C)(C)O[PH](=O)O)C(=O)NCCOCCOC2OC(CO)C(O)C(O)C2NC(C)=O)C(=O)NCCOCCOC2OC(CO)C(O)C(O)C2NC(C)=O)OC(CO)C(O)C1O. The third kappa shape index (κ3) is 31.3. The third-order valence-corrected chi connectivity index (χ3v) is 15.2. The van der Waals surface area contributed by atoms with Crippen molar-refractivity contribution in [2.24, 2.45) is 5.41 Å². The standard InChI is InChI=1S/C56H101N8O30P/c1-30(68)60-41-47(77)44(74)35(25-65)91-52(41)88-21-18-84-15-12-57-38(71)10-8-33(50(80)58-13-16-85-19-22-89-53-42(61-31(2)69)48(78)45(75)36(26-66)92-53)63-39(72)11-9-34(64-40(73)24-55(4,5)28-87-29-56(6,7)94-95(82)83)51(81)59-14-17-86-20-23-90-54-43(62-32(3)70)49(79)46(76)37(27-67)93-54/h33-37,41-49,52-54,65-67,74-79,95H,8-29H2,1-7H3,(H,57,71)(H,58,80)(H,59,81)(H,60,68)(H,61,69)(H,62,70)(H,63,72)(H,64,73)(H,82,83). The first kappa shape index (κ1) is 84.4. The summed E-state index contributed by atoms with van der Waals surface area (Å²) in [6.45, 7) is 6.42. The van der Waals surface area contributed by atoms with E-state index in [0.717, 1.165) is 0 Å². The first-order chi connectivity index (χ1) is 44.8. The van der Waals surface area contributed by atoms with Crippen LogP contribution in [0, 0.1) is 5.41 Å². The molecule has 0 radical (unpaired) electrons. The molecule has 3 aliphatic rings. The molecular weight excluding hydrogens is 1300 g/mol. The fourth-order valence-electron chi connectivity index (χ4n) is 9.83. The predicted octanol–water partition coefficient (Wildman–Crippen LogP) is -8.59. The Balaban J connectivity index is 1.68. The number of hydrogen-bond donors (Lipinski definition) is 18. The van der Waals surface area contributed by atoms with Crippen molar-refractivity contribution in [1.29, 1.82) is 0 Å². The molecular formula is C56H101N8O30P. The van der Waals surface area contributed by atoms with Crippen molar-refractivity contribution in [2.45, 2.75) is 190 Å². The lowest BCUT2D eigenvalue weighted by molar-refractivity contribution is -0.272. The monoisotopic (exact) mass is 1400 g/mol. The summed E-state index contributed by atoms with van der Waals surface area (Å²) >= 11 is 0. The summed E-state index contributed by atoms with van der Waals surface area (Å²) in [6.07, 6.45) is -18.3. The molecule has 0 aromatic carbocycles. The van der Waals surface area contributed by atoms with Crippen LogP contribution in [-0.4, -0.2) is 320 Å². The number of nitrogens with one attached hydrogen (secondary N) is 8. The highest BCUT2D eigenvalue weighted by Crippen LogP contribution is 2.29. The molecule has 18 N–H and O–H groups in total. The molecule has 0 saturated carbocycles. The first-order valence-electron chi connectivity index (χ1n) is 31.0. The van der Waals surface area contributed by atoms with Gasteiger partial charge in [0.25, 0.3) is 0 Å². The smallest absolute Gasteiger partial charge is 0.317 e. The average molecular weight is 1400 g/mol. The molecule has 3 rings (SSSR count). The summed E-state index contributed by atoms with van der Waals surface area (Å²) in [5, 5.41) is 112. The summed E-state index contributed by atoms with van der Waals surface area (Å²) in [6, 6.07) is -6.33. The maximum absolute atomic E-state index is 13.8. The Labute approximate surface area is 550 Å². The lowest BCUT2D eigenvalue weighted by atomic mass is 9.89. The Morgan fingerprint density at radius 3 is 1.16 bits per heavy atom. The van der Waals surface area contributed by atoms with Gasteiger partial charge in [0.1, 0.15) is 85.1 Å². The maximum Gasteiger partial charge on any atom is 0.317 e. The van der Waals surface area contributed by atoms with Crippen LogP contribution in [0.2, 0.25) is 0 Å². The molecule has 0 aliphatic carbocycles. The van der Waals surface area contributed by atoms with Gasteiger partial charge in [-0.1, -0.05) is 13.8 Å². The van der Waals surface area contributed by atoms with Crippen molar-refractivity contribution >= 4 is 55.5 Å². The molecule has 3 aliphatic heterocycles. The molecule has 3 fully saturated rings. The van der Waals surface area contributed by atoms with Gasteiger partial charge in [0.2, 0.25) is 47.3 Å². The number of rotatable bonds is 45. The van der Waals surface area contributed by atoms with Crippen LogP contribution in [-0.2, 0) is 94.8 Å². The lowest BCUT2D eigenvalue weighted by Crippen LogP contribution is -2.64. The van der Waals surface area contributed by atoms with Gasteiger partial charge in [0.15, 0.2) is 18.9 Å². The summed E-state index contributed by atoms with van der Waals surface area (Å²) in [7, 11) is -3.30. The maximum atomic E-state index is 13.8. The van der Waals surface area contributed by atoms with E-state index in [1.807, 2.05) is 0 Å². The van der Waals surface area contributed by atoms with Crippen molar-refractivity contribution in [3.05, 3.63) is 0 Å². The van der Waals surface area contributed by atoms with Crippen LogP contribution in [0.15, 0.2) is 0 Å². The van der Waals surface area contributed by atoms with Gasteiger partial charge in [-0.25, -0.2) is 0 Å². The Morgan fingerprint density at radius 1 is 0.463 bits per heavy atom. The third-order valence-electron chi connectivity index (χ3n) is 14.5. The van der Waals surface area contributed by atoms with E-state index in [9.17, 15) is 93.8 Å². The normalized spacial score (nSPS) is 27.2. The minimum absolute atomic E-state index is 0.0352. The number of aliphatic hydroxyl groups is 9. The predicted molar refractivity (Wildman–Crippen MR) is 323 cm³/mol. The van der Waals surface area contributed by atoms with Crippen LogP contribution < -0.4 is 42.5 Å². The zero-order valence-corrected chi connectivity index (χ0v) is 55.5. The van der Waals surface area contributed by atoms with Gasteiger partial charge in [-0.05, 0) is 32.1 Å². The van der Waals surface area contributed by atoms with Gasteiger partial charge >= 0.3 is 8.25 Å². The van der Waals surface area contributed by atoms with E-state index in [0.29, 0.717) is 0 Å². The van der Waals surface area contributed by atoms with Crippen molar-refractivity contribution in [1.82, 2.24) is 42.5 Å². The molecule has 39 heteroatoms. The fourth-order valence-corrected chi connectivity index (χ4v) is 10.4. The fraction of sp³-hybridized carbons (Fsp3) is 0.857. The summed E-state index contributed by atoms with van der Waals surface area (Å²) in [5.41, 5.74) is -2.02. The molecule has 0 bridgehead atoms. The van der Waals surface area contributed by atoms with E-state index in [2.05, 4.69) is 42.5 Å². The van der Waals surface area contributed by atoms with Crippen LogP contribution in [0.3, 0.4) is 0 Å². The largest absolute Gasteiger partial charge is 0.394 e. The number of hydrogen-bond acceptors (Lipinski definition) is 29. The second-order valence-electron chi connectivity index (χ2n) is 24.0. The summed E-state index contributed by atoms with van der Waals surface area (Å²) in [5.74, 6) is -5.17. The molecule has 550 valence electrons. The zero-order valence-electron chi connectivity index (χ0n) is 54.5.